The van der Waals surface area contributed by atoms with Crippen molar-refractivity contribution < 1.29 is 4.79 Å². The zero-order valence-corrected chi connectivity index (χ0v) is 11.6. The second-order valence-corrected chi connectivity index (χ2v) is 4.15. The summed E-state index contributed by atoms with van der Waals surface area (Å²) in [7, 11) is 0. The maximum Gasteiger partial charge on any atom is 0.225 e. The van der Waals surface area contributed by atoms with Gasteiger partial charge in [-0.2, -0.15) is 0 Å². The third-order valence-corrected chi connectivity index (χ3v) is 2.91. The molecule has 1 aliphatic rings. The maximum atomic E-state index is 11.2. The molecule has 4 nitrogen and oxygen atoms in total. The molecule has 2 rings (SSSR count). The van der Waals surface area contributed by atoms with Crippen molar-refractivity contribution in [2.24, 2.45) is 0 Å². The van der Waals surface area contributed by atoms with Crippen LogP contribution in [0.5, 0.6) is 0 Å². The summed E-state index contributed by atoms with van der Waals surface area (Å²) in [4.78, 5) is 19.7. The Balaban J connectivity index is 0.000000771. The van der Waals surface area contributed by atoms with Crippen LogP contribution in [0.4, 0.5) is 5.82 Å². The molecule has 18 heavy (non-hydrogen) atoms. The minimum Gasteiger partial charge on any atom is -0.310 e. The maximum absolute atomic E-state index is 11.2. The van der Waals surface area contributed by atoms with Gasteiger partial charge in [-0.15, -0.1) is 0 Å². The zero-order chi connectivity index (χ0) is 13.4. The number of hydrogen-bond donors (Lipinski definition) is 1. The molecule has 0 aliphatic carbocycles. The average Bonchev–Trinajstić information content (AvgIpc) is 2.41. The number of nitrogens with zero attached hydrogens (tertiary/aromatic N) is 2. The van der Waals surface area contributed by atoms with Crippen molar-refractivity contribution in [1.82, 2.24) is 9.97 Å². The summed E-state index contributed by atoms with van der Waals surface area (Å²) in [5.74, 6) is 0.781. The van der Waals surface area contributed by atoms with Crippen LogP contribution < -0.4 is 5.32 Å². The van der Waals surface area contributed by atoms with Crippen LogP contribution in [0.1, 0.15) is 57.7 Å². The van der Waals surface area contributed by atoms with Crippen LogP contribution >= 0.6 is 0 Å². The first-order valence-corrected chi connectivity index (χ1v) is 6.94. The van der Waals surface area contributed by atoms with Crippen molar-refractivity contribution in [3.63, 3.8) is 0 Å². The highest BCUT2D eigenvalue weighted by atomic mass is 16.1. The van der Waals surface area contributed by atoms with Gasteiger partial charge in [0.25, 0.3) is 0 Å². The Bertz CT molecular complexity index is 391. The SMILES string of the molecule is CC.CCCCCc1ncnc2c1CCC(=O)N2. The van der Waals surface area contributed by atoms with Gasteiger partial charge >= 0.3 is 0 Å². The molecule has 100 valence electrons. The van der Waals surface area contributed by atoms with Crippen LogP contribution in [0.2, 0.25) is 0 Å². The van der Waals surface area contributed by atoms with Crippen molar-refractivity contribution >= 4 is 11.7 Å². The van der Waals surface area contributed by atoms with Gasteiger partial charge in [-0.1, -0.05) is 33.6 Å². The lowest BCUT2D eigenvalue weighted by Gasteiger charge is -2.17. The van der Waals surface area contributed by atoms with E-state index in [1.54, 1.807) is 6.33 Å². The lowest BCUT2D eigenvalue weighted by molar-refractivity contribution is -0.116. The molecule has 1 aromatic rings. The first-order valence-electron chi connectivity index (χ1n) is 6.94. The van der Waals surface area contributed by atoms with Crippen LogP contribution in [0.3, 0.4) is 0 Å². The molecular formula is C14H23N3O. The molecule has 0 radical (unpaired) electrons. The number of amides is 1. The Labute approximate surface area is 109 Å². The van der Waals surface area contributed by atoms with Crippen LogP contribution in [0, 0.1) is 0 Å². The number of carbonyl (C=O) groups excluding carboxylic acids is 1. The molecule has 0 aromatic carbocycles. The van der Waals surface area contributed by atoms with Gasteiger partial charge in [0.15, 0.2) is 0 Å². The molecule has 0 fully saturated rings. The number of aryl methyl sites for hydroxylation is 1. The van der Waals surface area contributed by atoms with E-state index in [9.17, 15) is 4.79 Å². The van der Waals surface area contributed by atoms with Gasteiger partial charge in [-0.25, -0.2) is 9.97 Å². The van der Waals surface area contributed by atoms with E-state index in [0.717, 1.165) is 36.3 Å². The molecule has 0 spiro atoms. The summed E-state index contributed by atoms with van der Waals surface area (Å²) in [5.41, 5.74) is 2.25. The first-order chi connectivity index (χ1) is 8.81. The van der Waals surface area contributed by atoms with Crippen LogP contribution in [-0.4, -0.2) is 15.9 Å². The van der Waals surface area contributed by atoms with E-state index in [1.165, 1.54) is 12.8 Å². The fourth-order valence-corrected chi connectivity index (χ4v) is 2.01. The number of carbonyl (C=O) groups is 1. The van der Waals surface area contributed by atoms with E-state index in [-0.39, 0.29) is 5.91 Å². The topological polar surface area (TPSA) is 54.9 Å². The van der Waals surface area contributed by atoms with Crippen molar-refractivity contribution in [2.45, 2.75) is 59.3 Å². The van der Waals surface area contributed by atoms with E-state index in [2.05, 4.69) is 22.2 Å². The summed E-state index contributed by atoms with van der Waals surface area (Å²) < 4.78 is 0. The molecular weight excluding hydrogens is 226 g/mol. The number of rotatable bonds is 4. The van der Waals surface area contributed by atoms with E-state index in [4.69, 9.17) is 0 Å². The lowest BCUT2D eigenvalue weighted by Crippen LogP contribution is -2.21. The average molecular weight is 249 g/mol. The smallest absolute Gasteiger partial charge is 0.225 e. The van der Waals surface area contributed by atoms with Crippen LogP contribution in [0.15, 0.2) is 6.33 Å². The third kappa shape index (κ3) is 3.79. The van der Waals surface area contributed by atoms with Gasteiger partial charge in [-0.3, -0.25) is 4.79 Å². The number of unbranched alkanes of at least 4 members (excludes halogenated alkanes) is 2. The number of nitrogens with one attached hydrogen (secondary N) is 1. The second kappa shape index (κ2) is 7.80. The zero-order valence-electron chi connectivity index (χ0n) is 11.6. The Morgan fingerprint density at radius 1 is 1.22 bits per heavy atom. The number of hydrogen-bond acceptors (Lipinski definition) is 3. The number of fused-ring (bicyclic) bond motifs is 1. The molecule has 1 aliphatic heterocycles. The van der Waals surface area contributed by atoms with Gasteiger partial charge < -0.3 is 5.32 Å². The summed E-state index contributed by atoms with van der Waals surface area (Å²) >= 11 is 0. The van der Waals surface area contributed by atoms with Crippen LogP contribution in [-0.2, 0) is 17.6 Å². The third-order valence-electron chi connectivity index (χ3n) is 2.91. The molecule has 4 heteroatoms. The Morgan fingerprint density at radius 3 is 2.72 bits per heavy atom. The highest BCUT2D eigenvalue weighted by Crippen LogP contribution is 2.23. The Morgan fingerprint density at radius 2 is 2.00 bits per heavy atom. The largest absolute Gasteiger partial charge is 0.310 e. The van der Waals surface area contributed by atoms with Gasteiger partial charge in [-0.05, 0) is 19.3 Å². The summed E-state index contributed by atoms with van der Waals surface area (Å²) in [5, 5.41) is 2.80. The molecule has 0 saturated heterocycles. The highest BCUT2D eigenvalue weighted by Gasteiger charge is 2.19. The van der Waals surface area contributed by atoms with Crippen molar-refractivity contribution in [3.05, 3.63) is 17.6 Å². The molecule has 1 aromatic heterocycles. The molecule has 0 atom stereocenters. The number of aromatic nitrogens is 2. The van der Waals surface area contributed by atoms with Gasteiger partial charge in [0.05, 0.1) is 0 Å². The van der Waals surface area contributed by atoms with Crippen LogP contribution in [0.25, 0.3) is 0 Å². The van der Waals surface area contributed by atoms with E-state index >= 15 is 0 Å². The quantitative estimate of drug-likeness (QED) is 0.834. The molecule has 1 amide bonds. The van der Waals surface area contributed by atoms with Gasteiger partial charge in [0.2, 0.25) is 5.91 Å². The van der Waals surface area contributed by atoms with Gasteiger partial charge in [0, 0.05) is 17.7 Å². The molecule has 1 N–H and O–H groups in total. The minimum absolute atomic E-state index is 0.0608. The fourth-order valence-electron chi connectivity index (χ4n) is 2.01. The van der Waals surface area contributed by atoms with E-state index in [0.29, 0.717) is 6.42 Å². The van der Waals surface area contributed by atoms with E-state index < -0.39 is 0 Å². The highest BCUT2D eigenvalue weighted by molar-refractivity contribution is 5.92. The molecule has 0 saturated carbocycles. The van der Waals surface area contributed by atoms with Gasteiger partial charge in [0.1, 0.15) is 12.1 Å². The normalized spacial score (nSPS) is 13.2. The summed E-state index contributed by atoms with van der Waals surface area (Å²) in [6.45, 7) is 6.19. The Hall–Kier alpha value is -1.45. The van der Waals surface area contributed by atoms with Crippen molar-refractivity contribution in [2.75, 3.05) is 5.32 Å². The Kier molecular flexibility index (Phi) is 6.33. The predicted octanol–water partition coefficient (Wildman–Crippen LogP) is 3.12. The van der Waals surface area contributed by atoms with Crippen molar-refractivity contribution in [1.29, 1.82) is 0 Å². The monoisotopic (exact) mass is 249 g/mol. The fraction of sp³-hybridized carbons (Fsp3) is 0.643. The minimum atomic E-state index is 0.0608. The first kappa shape index (κ1) is 14.6. The number of anilines is 1. The summed E-state index contributed by atoms with van der Waals surface area (Å²) in [6.07, 6.45) is 7.48. The lowest BCUT2D eigenvalue weighted by atomic mass is 10.0. The van der Waals surface area contributed by atoms with Crippen molar-refractivity contribution in [3.8, 4) is 0 Å². The molecule has 0 unspecified atom stereocenters. The standard InChI is InChI=1S/C12H17N3O.C2H6/c1-2-3-4-5-10-9-6-7-11(16)15-12(9)14-8-13-10;1-2/h8H,2-7H2,1H3,(H,13,14,15,16);1-2H3. The van der Waals surface area contributed by atoms with E-state index in [1.807, 2.05) is 13.8 Å². The molecule has 0 bridgehead atoms. The molecule has 2 heterocycles. The predicted molar refractivity (Wildman–Crippen MR) is 73.6 cm³/mol. The second-order valence-electron chi connectivity index (χ2n) is 4.15. The summed E-state index contributed by atoms with van der Waals surface area (Å²) in [6, 6.07) is 0.